The summed E-state index contributed by atoms with van der Waals surface area (Å²) in [5, 5.41) is 12.2. The first-order valence-corrected chi connectivity index (χ1v) is 16.0. The molecule has 2 N–H and O–H groups in total. The van der Waals surface area contributed by atoms with Crippen LogP contribution in [0, 0.1) is 5.92 Å². The van der Waals surface area contributed by atoms with Gasteiger partial charge in [0.1, 0.15) is 16.7 Å². The third kappa shape index (κ3) is 8.44. The number of nitrogens with zero attached hydrogens (tertiary/aromatic N) is 2. The fourth-order valence-corrected chi connectivity index (χ4v) is 6.84. The molecule has 0 bridgehead atoms. The van der Waals surface area contributed by atoms with Gasteiger partial charge >= 0.3 is 5.97 Å². The van der Waals surface area contributed by atoms with Crippen LogP contribution in [0.4, 0.5) is 0 Å². The first kappa shape index (κ1) is 31.2. The molecule has 2 aromatic carbocycles. The monoisotopic (exact) mass is 623 g/mol. The van der Waals surface area contributed by atoms with Crippen LogP contribution in [0.2, 0.25) is 0 Å². The summed E-state index contributed by atoms with van der Waals surface area (Å²) in [5.74, 6) is -0.808. The molecular formula is C32H37N3O6S2. The van der Waals surface area contributed by atoms with Crippen molar-refractivity contribution < 1.29 is 29.0 Å². The molecule has 1 saturated carbocycles. The van der Waals surface area contributed by atoms with Gasteiger partial charge in [-0.3, -0.25) is 24.2 Å². The number of rotatable bonds is 11. The maximum atomic E-state index is 13.4. The summed E-state index contributed by atoms with van der Waals surface area (Å²) in [6, 6.07) is 16.0. The minimum Gasteiger partial charge on any atom is -0.492 e. The lowest BCUT2D eigenvalue weighted by atomic mass is 9.86. The molecule has 2 aliphatic heterocycles. The Morgan fingerprint density at radius 1 is 1.05 bits per heavy atom. The van der Waals surface area contributed by atoms with E-state index in [1.54, 1.807) is 0 Å². The number of carbonyl (C=O) groups excluding carboxylic acids is 2. The van der Waals surface area contributed by atoms with Crippen LogP contribution in [0.1, 0.15) is 37.7 Å². The standard InChI is InChI=1S/C32H37N3O6S2/c36-29(33-26-9-6-23(7-10-26)31(38)39)12-13-35-30(37)28(43-32(35)42)21-25-20-24(22-4-2-1-3-5-22)8-11-27(25)41-19-16-34-14-17-40-18-15-34/h1-5,8,11,20-21,23,26H,6-7,9-10,12-19H2,(H,33,36)(H,38,39). The van der Waals surface area contributed by atoms with Crippen LogP contribution >= 0.6 is 24.0 Å². The summed E-state index contributed by atoms with van der Waals surface area (Å²) in [5.41, 5.74) is 2.86. The van der Waals surface area contributed by atoms with E-state index in [2.05, 4.69) is 10.2 Å². The highest BCUT2D eigenvalue weighted by atomic mass is 32.2. The number of thioether (sulfide) groups is 1. The lowest BCUT2D eigenvalue weighted by Crippen LogP contribution is -2.40. The van der Waals surface area contributed by atoms with E-state index in [0.29, 0.717) is 47.3 Å². The average molecular weight is 624 g/mol. The number of morpholine rings is 1. The van der Waals surface area contributed by atoms with Crippen LogP contribution in [0.5, 0.6) is 5.75 Å². The second kappa shape index (κ2) is 15.0. The summed E-state index contributed by atoms with van der Waals surface area (Å²) in [6.45, 7) is 4.72. The van der Waals surface area contributed by atoms with E-state index in [4.69, 9.17) is 21.7 Å². The predicted octanol–water partition coefficient (Wildman–Crippen LogP) is 4.42. The molecule has 2 aromatic rings. The van der Waals surface area contributed by atoms with Crippen LogP contribution in [-0.2, 0) is 19.1 Å². The minimum absolute atomic E-state index is 0.0345. The average Bonchev–Trinajstić information content (AvgIpc) is 3.29. The maximum Gasteiger partial charge on any atom is 0.306 e. The van der Waals surface area contributed by atoms with Gasteiger partial charge in [-0.05, 0) is 55.0 Å². The Bertz CT molecular complexity index is 1350. The molecule has 2 saturated heterocycles. The number of ether oxygens (including phenoxy) is 2. The fraction of sp³-hybridized carbons (Fsp3) is 0.438. The highest BCUT2D eigenvalue weighted by molar-refractivity contribution is 8.26. The minimum atomic E-state index is -0.773. The number of benzene rings is 2. The van der Waals surface area contributed by atoms with Crippen molar-refractivity contribution in [2.45, 2.75) is 38.1 Å². The second-order valence-corrected chi connectivity index (χ2v) is 12.6. The van der Waals surface area contributed by atoms with Crippen molar-refractivity contribution in [1.82, 2.24) is 15.1 Å². The van der Waals surface area contributed by atoms with E-state index in [1.807, 2.05) is 54.6 Å². The molecule has 0 aromatic heterocycles. The largest absolute Gasteiger partial charge is 0.492 e. The lowest BCUT2D eigenvalue weighted by Gasteiger charge is -2.27. The molecule has 3 aliphatic rings. The van der Waals surface area contributed by atoms with Gasteiger partial charge in [-0.15, -0.1) is 0 Å². The van der Waals surface area contributed by atoms with Crippen molar-refractivity contribution in [2.24, 2.45) is 5.92 Å². The number of thiocarbonyl (C=S) groups is 1. The molecular weight excluding hydrogens is 587 g/mol. The van der Waals surface area contributed by atoms with Crippen LogP contribution in [0.15, 0.2) is 53.4 Å². The van der Waals surface area contributed by atoms with E-state index in [1.165, 1.54) is 16.7 Å². The molecule has 0 unspecified atom stereocenters. The third-order valence-electron chi connectivity index (χ3n) is 8.05. The number of aliphatic carboxylic acids is 1. The van der Waals surface area contributed by atoms with Crippen molar-refractivity contribution in [3.8, 4) is 16.9 Å². The van der Waals surface area contributed by atoms with Crippen molar-refractivity contribution >= 4 is 52.2 Å². The summed E-state index contributed by atoms with van der Waals surface area (Å²) in [4.78, 5) is 41.5. The van der Waals surface area contributed by atoms with Gasteiger partial charge in [0.15, 0.2) is 0 Å². The zero-order valence-corrected chi connectivity index (χ0v) is 25.7. The van der Waals surface area contributed by atoms with Gasteiger partial charge in [0.2, 0.25) is 5.91 Å². The van der Waals surface area contributed by atoms with Crippen LogP contribution in [0.3, 0.4) is 0 Å². The highest BCUT2D eigenvalue weighted by Crippen LogP contribution is 2.36. The Labute approximate surface area is 261 Å². The predicted molar refractivity (Wildman–Crippen MR) is 171 cm³/mol. The smallest absolute Gasteiger partial charge is 0.306 e. The summed E-state index contributed by atoms with van der Waals surface area (Å²) in [6.07, 6.45) is 4.36. The molecule has 3 fully saturated rings. The number of carboxylic acid groups (broad SMARTS) is 1. The zero-order valence-electron chi connectivity index (χ0n) is 24.0. The Morgan fingerprint density at radius 2 is 1.79 bits per heavy atom. The first-order chi connectivity index (χ1) is 20.9. The molecule has 0 atom stereocenters. The maximum absolute atomic E-state index is 13.4. The van der Waals surface area contributed by atoms with Gasteiger partial charge in [0.05, 0.1) is 24.0 Å². The number of amides is 2. The van der Waals surface area contributed by atoms with E-state index in [0.717, 1.165) is 49.5 Å². The molecule has 2 heterocycles. The highest BCUT2D eigenvalue weighted by Gasteiger charge is 2.33. The Hall–Kier alpha value is -3.25. The van der Waals surface area contributed by atoms with Crippen molar-refractivity contribution in [3.05, 3.63) is 59.0 Å². The Morgan fingerprint density at radius 3 is 2.51 bits per heavy atom. The number of carboxylic acids is 1. The number of hydrogen-bond donors (Lipinski definition) is 2. The first-order valence-electron chi connectivity index (χ1n) is 14.8. The van der Waals surface area contributed by atoms with Gasteiger partial charge in [0.25, 0.3) is 5.91 Å². The third-order valence-corrected chi connectivity index (χ3v) is 9.43. The zero-order chi connectivity index (χ0) is 30.2. The van der Waals surface area contributed by atoms with E-state index < -0.39 is 5.97 Å². The van der Waals surface area contributed by atoms with Crippen molar-refractivity contribution in [2.75, 3.05) is 46.0 Å². The normalized spacial score (nSPS) is 22.1. The number of carbonyl (C=O) groups is 3. The molecule has 2 amide bonds. The van der Waals surface area contributed by atoms with Crippen molar-refractivity contribution in [1.29, 1.82) is 0 Å². The van der Waals surface area contributed by atoms with Gasteiger partial charge in [0, 0.05) is 44.2 Å². The quantitative estimate of drug-likeness (QED) is 0.278. The molecule has 0 radical (unpaired) electrons. The van der Waals surface area contributed by atoms with Gasteiger partial charge < -0.3 is 19.9 Å². The summed E-state index contributed by atoms with van der Waals surface area (Å²) >= 11 is 6.76. The SMILES string of the molecule is O=C(CCN1C(=O)C(=Cc2cc(-c3ccccc3)ccc2OCCN2CCOCC2)SC1=S)NC1CCC(C(=O)O)CC1. The molecule has 0 spiro atoms. The van der Waals surface area contributed by atoms with E-state index >= 15 is 0 Å². The van der Waals surface area contributed by atoms with E-state index in [-0.39, 0.29) is 36.7 Å². The number of nitrogens with one attached hydrogen (secondary N) is 1. The molecule has 228 valence electrons. The number of hydrogen-bond acceptors (Lipinski definition) is 8. The van der Waals surface area contributed by atoms with Crippen LogP contribution < -0.4 is 10.1 Å². The molecule has 9 nitrogen and oxygen atoms in total. The Balaban J connectivity index is 1.23. The van der Waals surface area contributed by atoms with Gasteiger partial charge in [-0.25, -0.2) is 0 Å². The van der Waals surface area contributed by atoms with Crippen LogP contribution in [-0.4, -0.2) is 89.1 Å². The van der Waals surface area contributed by atoms with Gasteiger partial charge in [-0.1, -0.05) is 60.4 Å². The van der Waals surface area contributed by atoms with E-state index in [9.17, 15) is 19.5 Å². The fourth-order valence-electron chi connectivity index (χ4n) is 5.54. The topological polar surface area (TPSA) is 108 Å². The molecule has 11 heteroatoms. The van der Waals surface area contributed by atoms with Gasteiger partial charge in [-0.2, -0.15) is 0 Å². The second-order valence-electron chi connectivity index (χ2n) is 11.0. The van der Waals surface area contributed by atoms with Crippen LogP contribution in [0.25, 0.3) is 17.2 Å². The Kier molecular flexibility index (Phi) is 10.9. The van der Waals surface area contributed by atoms with Crippen molar-refractivity contribution in [3.63, 3.8) is 0 Å². The molecule has 1 aliphatic carbocycles. The molecule has 43 heavy (non-hydrogen) atoms. The summed E-state index contributed by atoms with van der Waals surface area (Å²) in [7, 11) is 0. The lowest BCUT2D eigenvalue weighted by molar-refractivity contribution is -0.142. The summed E-state index contributed by atoms with van der Waals surface area (Å²) < 4.78 is 12.1. The molecule has 5 rings (SSSR count).